The van der Waals surface area contributed by atoms with Crippen LogP contribution in [0.5, 0.6) is 0 Å². The molecule has 0 saturated carbocycles. The van der Waals surface area contributed by atoms with Crippen molar-refractivity contribution in [1.29, 1.82) is 0 Å². The molecule has 7 heteroatoms. The van der Waals surface area contributed by atoms with Crippen LogP contribution >= 0.6 is 0 Å². The zero-order valence-corrected chi connectivity index (χ0v) is 12.9. The summed E-state index contributed by atoms with van der Waals surface area (Å²) in [6.07, 6.45) is 6.48. The van der Waals surface area contributed by atoms with Gasteiger partial charge in [0.25, 0.3) is 0 Å². The van der Waals surface area contributed by atoms with Crippen LogP contribution in [0, 0.1) is 0 Å². The summed E-state index contributed by atoms with van der Waals surface area (Å²) in [6.45, 7) is 2.04. The topological polar surface area (TPSA) is 68.7 Å². The second kappa shape index (κ2) is 5.64. The fourth-order valence-corrected chi connectivity index (χ4v) is 3.81. The summed E-state index contributed by atoms with van der Waals surface area (Å²) in [5, 5.41) is 0. The highest BCUT2D eigenvalue weighted by molar-refractivity contribution is 7.88. The molecule has 3 heterocycles. The zero-order valence-electron chi connectivity index (χ0n) is 12.1. The fraction of sp³-hybridized carbons (Fsp3) is 0.643. The van der Waals surface area contributed by atoms with Crippen molar-refractivity contribution in [3.63, 3.8) is 0 Å². The molecule has 2 aliphatic rings. The van der Waals surface area contributed by atoms with E-state index in [4.69, 9.17) is 9.47 Å². The van der Waals surface area contributed by atoms with E-state index in [9.17, 15) is 8.42 Å². The first kappa shape index (κ1) is 14.9. The Balaban J connectivity index is 1.53. The van der Waals surface area contributed by atoms with E-state index in [0.717, 1.165) is 18.4 Å². The van der Waals surface area contributed by atoms with Crippen LogP contribution in [0.4, 0.5) is 0 Å². The van der Waals surface area contributed by atoms with Gasteiger partial charge in [-0.3, -0.25) is 4.98 Å². The van der Waals surface area contributed by atoms with Crippen molar-refractivity contribution in [2.75, 3.05) is 26.0 Å². The van der Waals surface area contributed by atoms with E-state index in [0.29, 0.717) is 26.3 Å². The van der Waals surface area contributed by atoms with Crippen molar-refractivity contribution >= 4 is 10.0 Å². The largest absolute Gasteiger partial charge is 0.373 e. The molecule has 0 bridgehead atoms. The molecule has 3 rings (SSSR count). The van der Waals surface area contributed by atoms with E-state index in [2.05, 4.69) is 4.98 Å². The standard InChI is InChI=1S/C14H20N2O4S/c1-21(17,18)16-10-14(11-16)7-13(4-6-20-14)19-9-12-3-2-5-15-8-12/h2-3,5,8,13H,4,6-7,9-11H2,1H3. The lowest BCUT2D eigenvalue weighted by atomic mass is 9.86. The Labute approximate surface area is 125 Å². The quantitative estimate of drug-likeness (QED) is 0.822. The number of rotatable bonds is 4. The van der Waals surface area contributed by atoms with Crippen molar-refractivity contribution in [3.05, 3.63) is 30.1 Å². The monoisotopic (exact) mass is 312 g/mol. The Morgan fingerprint density at radius 1 is 1.52 bits per heavy atom. The average Bonchev–Trinajstić information content (AvgIpc) is 2.43. The van der Waals surface area contributed by atoms with Gasteiger partial charge in [-0.15, -0.1) is 0 Å². The van der Waals surface area contributed by atoms with Gasteiger partial charge in [0.2, 0.25) is 10.0 Å². The van der Waals surface area contributed by atoms with Crippen molar-refractivity contribution in [2.45, 2.75) is 31.2 Å². The minimum absolute atomic E-state index is 0.112. The molecule has 2 fully saturated rings. The van der Waals surface area contributed by atoms with E-state index < -0.39 is 10.0 Å². The van der Waals surface area contributed by atoms with Gasteiger partial charge in [-0.05, 0) is 18.1 Å². The summed E-state index contributed by atoms with van der Waals surface area (Å²) in [7, 11) is -3.11. The first-order valence-electron chi connectivity index (χ1n) is 7.06. The van der Waals surface area contributed by atoms with E-state index in [1.807, 2.05) is 12.1 Å². The number of nitrogens with zero attached hydrogens (tertiary/aromatic N) is 2. The molecule has 0 radical (unpaired) electrons. The number of pyridine rings is 1. The van der Waals surface area contributed by atoms with Crippen LogP contribution in [0.3, 0.4) is 0 Å². The second-order valence-electron chi connectivity index (χ2n) is 5.85. The predicted octanol–water partition coefficient (Wildman–Crippen LogP) is 0.791. The normalized spacial score (nSPS) is 25.7. The van der Waals surface area contributed by atoms with Crippen molar-refractivity contribution in [1.82, 2.24) is 9.29 Å². The zero-order chi connectivity index (χ0) is 14.9. The molecule has 6 nitrogen and oxygen atoms in total. The third-order valence-electron chi connectivity index (χ3n) is 4.05. The van der Waals surface area contributed by atoms with Crippen LogP contribution in [0.2, 0.25) is 0 Å². The van der Waals surface area contributed by atoms with Gasteiger partial charge < -0.3 is 9.47 Å². The molecular weight excluding hydrogens is 292 g/mol. The van der Waals surface area contributed by atoms with Gasteiger partial charge >= 0.3 is 0 Å². The van der Waals surface area contributed by atoms with Gasteiger partial charge in [-0.25, -0.2) is 8.42 Å². The lowest BCUT2D eigenvalue weighted by molar-refractivity contribution is -0.180. The predicted molar refractivity (Wildman–Crippen MR) is 77.1 cm³/mol. The number of hydrogen-bond acceptors (Lipinski definition) is 5. The molecule has 0 N–H and O–H groups in total. The maximum absolute atomic E-state index is 11.5. The minimum Gasteiger partial charge on any atom is -0.373 e. The summed E-state index contributed by atoms with van der Waals surface area (Å²) in [6, 6.07) is 3.87. The molecule has 0 amide bonds. The number of aromatic nitrogens is 1. The highest BCUT2D eigenvalue weighted by Crippen LogP contribution is 2.36. The summed E-state index contributed by atoms with van der Waals surface area (Å²) < 4.78 is 36.1. The SMILES string of the molecule is CS(=O)(=O)N1CC2(CC(OCc3cccnc3)CCO2)C1. The number of hydrogen-bond donors (Lipinski definition) is 0. The molecule has 0 aliphatic carbocycles. The van der Waals surface area contributed by atoms with Crippen LogP contribution in [0.1, 0.15) is 18.4 Å². The van der Waals surface area contributed by atoms with Gasteiger partial charge in [-0.2, -0.15) is 4.31 Å². The van der Waals surface area contributed by atoms with Gasteiger partial charge in [0.1, 0.15) is 0 Å². The lowest BCUT2D eigenvalue weighted by Gasteiger charge is -2.51. The highest BCUT2D eigenvalue weighted by atomic mass is 32.2. The van der Waals surface area contributed by atoms with E-state index in [-0.39, 0.29) is 11.7 Å². The number of ether oxygens (including phenoxy) is 2. The van der Waals surface area contributed by atoms with Crippen LogP contribution in [-0.4, -0.2) is 55.4 Å². The van der Waals surface area contributed by atoms with E-state index in [1.54, 1.807) is 12.4 Å². The lowest BCUT2D eigenvalue weighted by Crippen LogP contribution is -2.67. The molecule has 1 unspecified atom stereocenters. The summed E-state index contributed by atoms with van der Waals surface area (Å²) in [5.74, 6) is 0. The van der Waals surface area contributed by atoms with E-state index in [1.165, 1.54) is 10.6 Å². The van der Waals surface area contributed by atoms with Crippen molar-refractivity contribution < 1.29 is 17.9 Å². The molecule has 21 heavy (non-hydrogen) atoms. The third-order valence-corrected chi connectivity index (χ3v) is 5.25. The van der Waals surface area contributed by atoms with Gasteiger partial charge in [0.15, 0.2) is 0 Å². The highest BCUT2D eigenvalue weighted by Gasteiger charge is 2.50. The van der Waals surface area contributed by atoms with Crippen molar-refractivity contribution in [2.24, 2.45) is 0 Å². The van der Waals surface area contributed by atoms with Crippen molar-refractivity contribution in [3.8, 4) is 0 Å². The maximum atomic E-state index is 11.5. The first-order chi connectivity index (χ1) is 9.97. The van der Waals surface area contributed by atoms with Crippen LogP contribution in [0.15, 0.2) is 24.5 Å². The Bertz CT molecular complexity index is 584. The maximum Gasteiger partial charge on any atom is 0.211 e. The Morgan fingerprint density at radius 3 is 3.00 bits per heavy atom. The molecule has 2 saturated heterocycles. The summed E-state index contributed by atoms with van der Waals surface area (Å²) in [5.41, 5.74) is 0.699. The molecule has 1 spiro atoms. The van der Waals surface area contributed by atoms with Crippen LogP contribution in [-0.2, 0) is 26.1 Å². The Hall–Kier alpha value is -1.02. The molecule has 0 aromatic carbocycles. The smallest absolute Gasteiger partial charge is 0.211 e. The average molecular weight is 312 g/mol. The van der Waals surface area contributed by atoms with Gasteiger partial charge in [-0.1, -0.05) is 6.07 Å². The van der Waals surface area contributed by atoms with Gasteiger partial charge in [0, 0.05) is 38.5 Å². The second-order valence-corrected chi connectivity index (χ2v) is 7.83. The molecule has 1 aromatic rings. The van der Waals surface area contributed by atoms with E-state index >= 15 is 0 Å². The fourth-order valence-electron chi connectivity index (χ4n) is 2.87. The first-order valence-corrected chi connectivity index (χ1v) is 8.91. The minimum atomic E-state index is -3.11. The number of sulfonamides is 1. The molecular formula is C14H20N2O4S. The molecule has 1 atom stereocenters. The van der Waals surface area contributed by atoms with Gasteiger partial charge in [0.05, 0.1) is 24.6 Å². The summed E-state index contributed by atoms with van der Waals surface area (Å²) in [4.78, 5) is 4.06. The molecule has 116 valence electrons. The molecule has 2 aliphatic heterocycles. The van der Waals surface area contributed by atoms with Crippen LogP contribution < -0.4 is 0 Å². The Morgan fingerprint density at radius 2 is 2.33 bits per heavy atom. The summed E-state index contributed by atoms with van der Waals surface area (Å²) >= 11 is 0. The third kappa shape index (κ3) is 3.42. The van der Waals surface area contributed by atoms with Crippen LogP contribution in [0.25, 0.3) is 0 Å². The molecule has 1 aromatic heterocycles. The Kier molecular flexibility index (Phi) is 4.00.